The molecule has 1 aliphatic heterocycles. The highest BCUT2D eigenvalue weighted by atomic mass is 16.6. The van der Waals surface area contributed by atoms with Crippen LogP contribution in [0.5, 0.6) is 0 Å². The van der Waals surface area contributed by atoms with Gasteiger partial charge >= 0.3 is 5.97 Å². The lowest BCUT2D eigenvalue weighted by Gasteiger charge is -2.23. The highest BCUT2D eigenvalue weighted by Crippen LogP contribution is 2.34. The van der Waals surface area contributed by atoms with E-state index < -0.39 is 43.2 Å². The third kappa shape index (κ3) is 3.94. The van der Waals surface area contributed by atoms with Crippen LogP contribution in [-0.2, 0) is 20.7 Å². The van der Waals surface area contributed by atoms with Gasteiger partial charge in [0.05, 0.1) is 12.9 Å². The number of nitrogen functional groups attached to an aromatic ring is 1. The fraction of sp³-hybridized carbons (Fsp3) is 0.304. The van der Waals surface area contributed by atoms with Crippen molar-refractivity contribution in [1.29, 1.82) is 0 Å². The molecule has 0 radical (unpaired) electrons. The first-order valence-corrected chi connectivity index (χ1v) is 10.8. The maximum Gasteiger partial charge on any atom is 0.323 e. The molecule has 0 aliphatic carbocycles. The summed E-state index contributed by atoms with van der Waals surface area (Å²) in [6.45, 7) is -0.474. The number of benzene rings is 2. The lowest BCUT2D eigenvalue weighted by Crippen LogP contribution is -2.42. The van der Waals surface area contributed by atoms with Crippen LogP contribution in [0.25, 0.3) is 21.9 Å². The zero-order valence-electron chi connectivity index (χ0n) is 18.1. The van der Waals surface area contributed by atoms with E-state index >= 15 is 0 Å². The Kier molecular flexibility index (Phi) is 5.84. The van der Waals surface area contributed by atoms with E-state index in [0.717, 1.165) is 16.3 Å². The molecule has 34 heavy (non-hydrogen) atoms. The number of carbonyl (C=O) groups excluding carboxylic acids is 1. The Morgan fingerprint density at radius 1 is 1.18 bits per heavy atom. The number of aromatic nitrogens is 4. The second-order valence-electron chi connectivity index (χ2n) is 8.21. The molecule has 11 nitrogen and oxygen atoms in total. The molecule has 1 unspecified atom stereocenters. The van der Waals surface area contributed by atoms with Crippen molar-refractivity contribution >= 4 is 33.7 Å². The Morgan fingerprint density at radius 3 is 2.76 bits per heavy atom. The average Bonchev–Trinajstić information content (AvgIpc) is 3.41. The Hall–Kier alpha value is -3.64. The summed E-state index contributed by atoms with van der Waals surface area (Å²) in [7, 11) is 0. The Labute approximate surface area is 194 Å². The van der Waals surface area contributed by atoms with Gasteiger partial charge in [0.1, 0.15) is 30.1 Å². The fourth-order valence-corrected chi connectivity index (χ4v) is 4.20. The van der Waals surface area contributed by atoms with Crippen molar-refractivity contribution in [2.75, 3.05) is 12.3 Å². The van der Waals surface area contributed by atoms with Crippen molar-refractivity contribution in [2.24, 2.45) is 5.73 Å². The van der Waals surface area contributed by atoms with E-state index in [1.165, 1.54) is 17.2 Å². The summed E-state index contributed by atoms with van der Waals surface area (Å²) in [5.74, 6) is -0.532. The summed E-state index contributed by atoms with van der Waals surface area (Å²) in [6.07, 6.45) is -1.49. The van der Waals surface area contributed by atoms with E-state index in [4.69, 9.17) is 20.9 Å². The van der Waals surface area contributed by atoms with Gasteiger partial charge in [-0.1, -0.05) is 42.5 Å². The normalized spacial score (nSPS) is 23.4. The van der Waals surface area contributed by atoms with E-state index in [9.17, 15) is 15.0 Å². The third-order valence-corrected chi connectivity index (χ3v) is 5.98. The maximum atomic E-state index is 12.9. The third-order valence-electron chi connectivity index (χ3n) is 5.98. The first-order chi connectivity index (χ1) is 16.5. The molecule has 0 amide bonds. The Bertz CT molecular complexity index is 1340. The van der Waals surface area contributed by atoms with Crippen LogP contribution in [0.3, 0.4) is 0 Å². The molecular formula is C23H24N6O5. The van der Waals surface area contributed by atoms with Gasteiger partial charge in [-0.15, -0.1) is 0 Å². The zero-order valence-corrected chi connectivity index (χ0v) is 18.1. The molecule has 0 spiro atoms. The van der Waals surface area contributed by atoms with Crippen molar-refractivity contribution in [3.8, 4) is 0 Å². The fourth-order valence-electron chi connectivity index (χ4n) is 4.20. The van der Waals surface area contributed by atoms with Gasteiger partial charge in [0, 0.05) is 0 Å². The van der Waals surface area contributed by atoms with E-state index in [-0.39, 0.29) is 12.2 Å². The van der Waals surface area contributed by atoms with Crippen LogP contribution in [0.1, 0.15) is 11.8 Å². The first-order valence-electron chi connectivity index (χ1n) is 10.8. The second-order valence-corrected chi connectivity index (χ2v) is 8.21. The van der Waals surface area contributed by atoms with Crippen LogP contribution >= 0.6 is 0 Å². The van der Waals surface area contributed by atoms with Crippen LogP contribution < -0.4 is 11.5 Å². The number of esters is 1. The van der Waals surface area contributed by atoms with Gasteiger partial charge in [0.25, 0.3) is 0 Å². The van der Waals surface area contributed by atoms with Crippen molar-refractivity contribution in [3.63, 3.8) is 0 Å². The number of ether oxygens (including phenoxy) is 2. The number of fused-ring (bicyclic) bond motifs is 2. The van der Waals surface area contributed by atoms with Gasteiger partial charge in [-0.2, -0.15) is 0 Å². The number of aliphatic hydroxyl groups excluding tert-OH is 2. The quantitative estimate of drug-likeness (QED) is 0.291. The molecule has 1 fully saturated rings. The maximum absolute atomic E-state index is 12.9. The number of hydrogen-bond acceptors (Lipinski definition) is 10. The summed E-state index contributed by atoms with van der Waals surface area (Å²) in [5.41, 5.74) is 13.6. The van der Waals surface area contributed by atoms with Crippen LogP contribution in [0, 0.1) is 0 Å². The number of aliphatic hydroxyl groups is 2. The minimum atomic E-state index is -1.29. The minimum Gasteiger partial charge on any atom is -0.453 e. The Balaban J connectivity index is 1.36. The summed E-state index contributed by atoms with van der Waals surface area (Å²) in [6, 6.07) is 12.8. The van der Waals surface area contributed by atoms with Gasteiger partial charge in [-0.25, -0.2) is 15.0 Å². The molecule has 1 saturated heterocycles. The highest BCUT2D eigenvalue weighted by Gasteiger charge is 2.48. The molecule has 0 saturated carbocycles. The van der Waals surface area contributed by atoms with Gasteiger partial charge in [0.2, 0.25) is 0 Å². The predicted molar refractivity (Wildman–Crippen MR) is 122 cm³/mol. The molecule has 4 aromatic rings. The average molecular weight is 464 g/mol. The Morgan fingerprint density at radius 2 is 1.97 bits per heavy atom. The van der Waals surface area contributed by atoms with Gasteiger partial charge in [-0.3, -0.25) is 9.36 Å². The molecule has 11 heteroatoms. The molecular weight excluding hydrogens is 440 g/mol. The van der Waals surface area contributed by atoms with Crippen molar-refractivity contribution in [1.82, 2.24) is 19.5 Å². The van der Waals surface area contributed by atoms with Crippen LogP contribution in [-0.4, -0.2) is 66.7 Å². The SMILES string of the molecule is Nc1ncnc2c1ncn2[C@H]1O[C@@H](CO)[C@H](O)[C@H]1OC(=O)C(N)Cc1ccc2ccccc2c1. The lowest BCUT2D eigenvalue weighted by atomic mass is 10.0. The lowest BCUT2D eigenvalue weighted by molar-refractivity contribution is -0.160. The van der Waals surface area contributed by atoms with Crippen molar-refractivity contribution < 1.29 is 24.5 Å². The van der Waals surface area contributed by atoms with Crippen LogP contribution in [0.15, 0.2) is 55.1 Å². The standard InChI is InChI=1S/C23H24N6O5/c24-15(8-12-5-6-13-3-1-2-4-14(13)7-12)23(32)34-19-18(31)16(9-30)33-22(19)29-11-28-17-20(25)26-10-27-21(17)29/h1-7,10-11,15-16,18-19,22,30-31H,8-9,24H2,(H2,25,26,27)/t15?,16-,18-,19+,22-/m0/s1. The van der Waals surface area contributed by atoms with Crippen LogP contribution in [0.4, 0.5) is 5.82 Å². The van der Waals surface area contributed by atoms with E-state index in [2.05, 4.69) is 15.0 Å². The monoisotopic (exact) mass is 464 g/mol. The molecule has 5 rings (SSSR count). The van der Waals surface area contributed by atoms with E-state index in [1.54, 1.807) is 0 Å². The van der Waals surface area contributed by atoms with Crippen molar-refractivity contribution in [3.05, 3.63) is 60.7 Å². The molecule has 6 N–H and O–H groups in total. The molecule has 2 aromatic heterocycles. The molecule has 0 bridgehead atoms. The topological polar surface area (TPSA) is 172 Å². The number of carbonyl (C=O) groups is 1. The molecule has 3 heterocycles. The summed E-state index contributed by atoms with van der Waals surface area (Å²) < 4.78 is 12.9. The highest BCUT2D eigenvalue weighted by molar-refractivity contribution is 5.83. The van der Waals surface area contributed by atoms with E-state index in [0.29, 0.717) is 11.2 Å². The van der Waals surface area contributed by atoms with Crippen LogP contribution in [0.2, 0.25) is 0 Å². The largest absolute Gasteiger partial charge is 0.453 e. The zero-order chi connectivity index (χ0) is 23.8. The second kappa shape index (κ2) is 8.95. The molecule has 5 atom stereocenters. The summed E-state index contributed by atoms with van der Waals surface area (Å²) in [4.78, 5) is 25.2. The van der Waals surface area contributed by atoms with Crippen molar-refractivity contribution in [2.45, 2.75) is 37.0 Å². The van der Waals surface area contributed by atoms with Gasteiger partial charge in [-0.05, 0) is 22.8 Å². The van der Waals surface area contributed by atoms with Gasteiger partial charge < -0.3 is 31.2 Å². The number of imidazole rings is 1. The first kappa shape index (κ1) is 22.2. The molecule has 1 aliphatic rings. The number of anilines is 1. The summed E-state index contributed by atoms with van der Waals surface area (Å²) in [5, 5.41) is 22.4. The molecule has 176 valence electrons. The number of rotatable bonds is 6. The van der Waals surface area contributed by atoms with Gasteiger partial charge in [0.15, 0.2) is 23.8 Å². The van der Waals surface area contributed by atoms with E-state index in [1.807, 2.05) is 42.5 Å². The number of nitrogens with zero attached hydrogens (tertiary/aromatic N) is 4. The number of hydrogen-bond donors (Lipinski definition) is 4. The molecule has 2 aromatic carbocycles. The number of nitrogens with two attached hydrogens (primary N) is 2. The summed E-state index contributed by atoms with van der Waals surface area (Å²) >= 11 is 0. The smallest absolute Gasteiger partial charge is 0.323 e. The minimum absolute atomic E-state index is 0.173. The predicted octanol–water partition coefficient (Wildman–Crippen LogP) is 0.294.